The molecule has 0 bridgehead atoms. The van der Waals surface area contributed by atoms with Crippen molar-refractivity contribution in [3.05, 3.63) is 66.9 Å². The van der Waals surface area contributed by atoms with Crippen molar-refractivity contribution in [2.75, 3.05) is 5.32 Å². The van der Waals surface area contributed by atoms with Crippen molar-refractivity contribution in [2.24, 2.45) is 0 Å². The lowest BCUT2D eigenvalue weighted by Crippen LogP contribution is -2.00. The van der Waals surface area contributed by atoms with Gasteiger partial charge in [0.15, 0.2) is 22.9 Å². The van der Waals surface area contributed by atoms with Gasteiger partial charge in [-0.15, -0.1) is 0 Å². The van der Waals surface area contributed by atoms with Crippen molar-refractivity contribution < 1.29 is 4.42 Å². The first kappa shape index (κ1) is 16.3. The quantitative estimate of drug-likeness (QED) is 0.498. The predicted molar refractivity (Wildman–Crippen MR) is 107 cm³/mol. The second kappa shape index (κ2) is 6.70. The van der Waals surface area contributed by atoms with E-state index in [1.807, 2.05) is 49.4 Å². The first-order valence-corrected chi connectivity index (χ1v) is 9.00. The second-order valence-corrected chi connectivity index (χ2v) is 6.27. The highest BCUT2D eigenvalue weighted by atomic mass is 16.3. The van der Waals surface area contributed by atoms with Crippen molar-refractivity contribution in [1.29, 1.82) is 0 Å². The normalized spacial score (nSPS) is 11.2. The zero-order valence-corrected chi connectivity index (χ0v) is 15.1. The summed E-state index contributed by atoms with van der Waals surface area (Å²) in [4.78, 5) is 22.2. The van der Waals surface area contributed by atoms with E-state index in [0.29, 0.717) is 17.3 Å². The Bertz CT molecular complexity index is 1280. The van der Waals surface area contributed by atoms with Crippen LogP contribution in [0.5, 0.6) is 0 Å². The fraction of sp³-hybridized carbons (Fsp3) is 0.0952. The van der Waals surface area contributed by atoms with E-state index in [9.17, 15) is 0 Å². The van der Waals surface area contributed by atoms with Crippen LogP contribution in [0.4, 0.5) is 11.5 Å². The highest BCUT2D eigenvalue weighted by molar-refractivity contribution is 5.90. The summed E-state index contributed by atoms with van der Waals surface area (Å²) in [6.07, 6.45) is 5.92. The molecule has 5 aromatic rings. The Morgan fingerprint density at radius 1 is 0.964 bits per heavy atom. The van der Waals surface area contributed by atoms with Gasteiger partial charge in [0.1, 0.15) is 11.3 Å². The van der Waals surface area contributed by atoms with E-state index >= 15 is 0 Å². The van der Waals surface area contributed by atoms with Crippen LogP contribution in [0.15, 0.2) is 65.5 Å². The van der Waals surface area contributed by atoms with Gasteiger partial charge < -0.3 is 9.73 Å². The van der Waals surface area contributed by atoms with Crippen LogP contribution < -0.4 is 5.32 Å². The zero-order valence-electron chi connectivity index (χ0n) is 15.1. The summed E-state index contributed by atoms with van der Waals surface area (Å²) in [5, 5.41) is 4.22. The van der Waals surface area contributed by atoms with Gasteiger partial charge in [-0.1, -0.05) is 6.92 Å². The topological polar surface area (TPSA) is 89.6 Å². The van der Waals surface area contributed by atoms with Gasteiger partial charge in [-0.2, -0.15) is 0 Å². The number of fused-ring (bicyclic) bond motifs is 2. The van der Waals surface area contributed by atoms with Crippen LogP contribution in [0.2, 0.25) is 0 Å². The number of hydrogen-bond acceptors (Lipinski definition) is 7. The van der Waals surface area contributed by atoms with Gasteiger partial charge in [0.2, 0.25) is 0 Å². The predicted octanol–water partition coefficient (Wildman–Crippen LogP) is 4.53. The molecule has 0 saturated heterocycles. The summed E-state index contributed by atoms with van der Waals surface area (Å²) in [5.41, 5.74) is 3.95. The molecule has 0 fully saturated rings. The lowest BCUT2D eigenvalue weighted by molar-refractivity contribution is 0.538. The standard InChI is InChI=1S/C21H16N6O/c1-2-18-25-16-6-5-14(12-17(16)28-18)24-21-15-4-3-9-23-20(15)26-19(27-21)13-7-10-22-11-8-13/h3-12H,2H2,1H3,(H,23,24,26,27). The van der Waals surface area contributed by atoms with E-state index < -0.39 is 0 Å². The first-order chi connectivity index (χ1) is 13.8. The smallest absolute Gasteiger partial charge is 0.195 e. The van der Waals surface area contributed by atoms with Crippen molar-refractivity contribution in [1.82, 2.24) is 24.9 Å². The molecule has 7 nitrogen and oxygen atoms in total. The monoisotopic (exact) mass is 368 g/mol. The van der Waals surface area contributed by atoms with Crippen LogP contribution in [0.25, 0.3) is 33.5 Å². The fourth-order valence-electron chi connectivity index (χ4n) is 3.03. The second-order valence-electron chi connectivity index (χ2n) is 6.27. The third kappa shape index (κ3) is 2.92. The Balaban J connectivity index is 1.61. The summed E-state index contributed by atoms with van der Waals surface area (Å²) in [5.74, 6) is 1.99. The summed E-state index contributed by atoms with van der Waals surface area (Å²) < 4.78 is 5.77. The van der Waals surface area contributed by atoms with Crippen LogP contribution in [0.1, 0.15) is 12.8 Å². The summed E-state index contributed by atoms with van der Waals surface area (Å²) in [7, 11) is 0. The van der Waals surface area contributed by atoms with Gasteiger partial charge >= 0.3 is 0 Å². The Kier molecular flexibility index (Phi) is 3.90. The van der Waals surface area contributed by atoms with Crippen LogP contribution in [-0.4, -0.2) is 24.9 Å². The van der Waals surface area contributed by atoms with Crippen LogP contribution in [-0.2, 0) is 6.42 Å². The van der Waals surface area contributed by atoms with E-state index in [1.165, 1.54) is 0 Å². The molecule has 0 saturated carbocycles. The number of aryl methyl sites for hydroxylation is 1. The fourth-order valence-corrected chi connectivity index (χ4v) is 3.03. The van der Waals surface area contributed by atoms with Crippen molar-refractivity contribution >= 4 is 33.6 Å². The van der Waals surface area contributed by atoms with Crippen LogP contribution in [0.3, 0.4) is 0 Å². The number of rotatable bonds is 4. The van der Waals surface area contributed by atoms with Gasteiger partial charge in [0, 0.05) is 42.3 Å². The molecule has 0 aliphatic rings. The average Bonchev–Trinajstić information content (AvgIpc) is 3.17. The van der Waals surface area contributed by atoms with Crippen molar-refractivity contribution in [3.63, 3.8) is 0 Å². The number of nitrogens with one attached hydrogen (secondary N) is 1. The highest BCUT2D eigenvalue weighted by Crippen LogP contribution is 2.28. The Morgan fingerprint density at radius 2 is 1.86 bits per heavy atom. The number of nitrogens with zero attached hydrogens (tertiary/aromatic N) is 5. The average molecular weight is 368 g/mol. The molecule has 0 spiro atoms. The van der Waals surface area contributed by atoms with Crippen LogP contribution in [0, 0.1) is 0 Å². The number of oxazole rings is 1. The first-order valence-electron chi connectivity index (χ1n) is 9.00. The molecule has 1 aromatic carbocycles. The van der Waals surface area contributed by atoms with Gasteiger partial charge in [-0.05, 0) is 36.4 Å². The van der Waals surface area contributed by atoms with Gasteiger partial charge in [-0.25, -0.2) is 19.9 Å². The molecule has 0 aliphatic carbocycles. The molecule has 7 heteroatoms. The summed E-state index contributed by atoms with van der Waals surface area (Å²) in [6, 6.07) is 13.4. The molecule has 28 heavy (non-hydrogen) atoms. The SMILES string of the molecule is CCc1nc2ccc(Nc3nc(-c4ccncc4)nc4ncccc34)cc2o1. The molecule has 4 aromatic heterocycles. The number of benzene rings is 1. The van der Waals surface area contributed by atoms with E-state index in [2.05, 4.69) is 25.3 Å². The van der Waals surface area contributed by atoms with Gasteiger partial charge in [0.05, 0.1) is 5.39 Å². The van der Waals surface area contributed by atoms with Crippen LogP contribution >= 0.6 is 0 Å². The zero-order chi connectivity index (χ0) is 18.9. The van der Waals surface area contributed by atoms with E-state index in [0.717, 1.165) is 40.0 Å². The molecule has 0 aliphatic heterocycles. The molecule has 1 N–H and O–H groups in total. The van der Waals surface area contributed by atoms with E-state index in [-0.39, 0.29) is 0 Å². The molecule has 5 rings (SSSR count). The van der Waals surface area contributed by atoms with E-state index in [1.54, 1.807) is 18.6 Å². The lowest BCUT2D eigenvalue weighted by Gasteiger charge is -2.10. The Labute approximate surface area is 160 Å². The number of anilines is 2. The minimum atomic E-state index is 0.588. The molecule has 0 unspecified atom stereocenters. The summed E-state index contributed by atoms with van der Waals surface area (Å²) in [6.45, 7) is 2.02. The number of aromatic nitrogens is 5. The minimum absolute atomic E-state index is 0.588. The molecule has 0 atom stereocenters. The third-order valence-electron chi connectivity index (χ3n) is 4.41. The third-order valence-corrected chi connectivity index (χ3v) is 4.41. The lowest BCUT2D eigenvalue weighted by atomic mass is 10.2. The maximum absolute atomic E-state index is 5.77. The van der Waals surface area contributed by atoms with Gasteiger partial charge in [0.25, 0.3) is 0 Å². The summed E-state index contributed by atoms with van der Waals surface area (Å²) >= 11 is 0. The molecule has 136 valence electrons. The minimum Gasteiger partial charge on any atom is -0.441 e. The van der Waals surface area contributed by atoms with Gasteiger partial charge in [-0.3, -0.25) is 4.98 Å². The number of pyridine rings is 2. The molecular weight excluding hydrogens is 352 g/mol. The Hall–Kier alpha value is -3.87. The largest absolute Gasteiger partial charge is 0.441 e. The van der Waals surface area contributed by atoms with Crippen molar-refractivity contribution in [3.8, 4) is 11.4 Å². The Morgan fingerprint density at radius 3 is 2.71 bits per heavy atom. The maximum Gasteiger partial charge on any atom is 0.195 e. The molecule has 4 heterocycles. The van der Waals surface area contributed by atoms with E-state index in [4.69, 9.17) is 9.40 Å². The molecular formula is C21H16N6O. The number of hydrogen-bond donors (Lipinski definition) is 1. The molecule has 0 amide bonds. The molecule has 0 radical (unpaired) electrons. The maximum atomic E-state index is 5.77. The highest BCUT2D eigenvalue weighted by Gasteiger charge is 2.12. The van der Waals surface area contributed by atoms with Crippen molar-refractivity contribution in [2.45, 2.75) is 13.3 Å².